The smallest absolute Gasteiger partial charge is 0.300 e. The summed E-state index contributed by atoms with van der Waals surface area (Å²) < 4.78 is 36.5. The van der Waals surface area contributed by atoms with Gasteiger partial charge in [-0.25, -0.2) is 0 Å². The molecule has 0 aromatic rings. The zero-order valence-electron chi connectivity index (χ0n) is 9.35. The fourth-order valence-corrected chi connectivity index (χ4v) is 1.92. The highest BCUT2D eigenvalue weighted by atomic mass is 19.4. The maximum atomic E-state index is 12.2. The normalized spacial score (nSPS) is 22.0. The molecule has 15 heavy (non-hydrogen) atoms. The lowest BCUT2D eigenvalue weighted by molar-refractivity contribution is -0.145. The van der Waals surface area contributed by atoms with Gasteiger partial charge in [0, 0.05) is 19.1 Å². The first-order valence-corrected chi connectivity index (χ1v) is 5.41. The zero-order chi connectivity index (χ0) is 11.5. The molecule has 0 bridgehead atoms. The summed E-state index contributed by atoms with van der Waals surface area (Å²) in [6, 6.07) is 0.427. The van der Waals surface area contributed by atoms with Crippen molar-refractivity contribution in [2.75, 3.05) is 32.7 Å². The number of halogens is 3. The van der Waals surface area contributed by atoms with Crippen LogP contribution < -0.4 is 0 Å². The molecule has 2 nitrogen and oxygen atoms in total. The van der Waals surface area contributed by atoms with Gasteiger partial charge in [-0.3, -0.25) is 9.80 Å². The van der Waals surface area contributed by atoms with Crippen LogP contribution in [-0.2, 0) is 0 Å². The van der Waals surface area contributed by atoms with Crippen molar-refractivity contribution in [3.05, 3.63) is 0 Å². The highest BCUT2D eigenvalue weighted by Gasteiger charge is 2.31. The molecule has 1 fully saturated rings. The van der Waals surface area contributed by atoms with Crippen LogP contribution in [0.5, 0.6) is 0 Å². The van der Waals surface area contributed by atoms with E-state index in [9.17, 15) is 13.2 Å². The van der Waals surface area contributed by atoms with E-state index in [-0.39, 0.29) is 0 Å². The van der Waals surface area contributed by atoms with Crippen molar-refractivity contribution >= 4 is 0 Å². The lowest BCUT2D eigenvalue weighted by atomic mass is 10.3. The number of hydrogen-bond acceptors (Lipinski definition) is 2. The topological polar surface area (TPSA) is 6.48 Å². The van der Waals surface area contributed by atoms with E-state index in [0.29, 0.717) is 19.1 Å². The highest BCUT2D eigenvalue weighted by molar-refractivity contribution is 4.73. The molecule has 0 N–H and O–H groups in total. The Labute approximate surface area is 89.0 Å². The second-order valence-corrected chi connectivity index (χ2v) is 4.37. The van der Waals surface area contributed by atoms with E-state index in [2.05, 4.69) is 18.7 Å². The third-order valence-corrected chi connectivity index (χ3v) is 2.76. The average Bonchev–Trinajstić information content (AvgIpc) is 2.26. The van der Waals surface area contributed by atoms with Crippen LogP contribution in [0.2, 0.25) is 0 Å². The van der Waals surface area contributed by atoms with E-state index >= 15 is 0 Å². The van der Waals surface area contributed by atoms with Gasteiger partial charge in [0.1, 0.15) is 0 Å². The number of hydrogen-bond donors (Lipinski definition) is 0. The summed E-state index contributed by atoms with van der Waals surface area (Å²) >= 11 is 0. The second-order valence-electron chi connectivity index (χ2n) is 4.37. The Morgan fingerprint density at radius 3 is 2.27 bits per heavy atom. The first-order chi connectivity index (χ1) is 6.88. The van der Waals surface area contributed by atoms with Crippen LogP contribution in [0.25, 0.3) is 0 Å². The van der Waals surface area contributed by atoms with Crippen molar-refractivity contribution in [2.45, 2.75) is 32.5 Å². The maximum Gasteiger partial charge on any atom is 0.401 e. The van der Waals surface area contributed by atoms with Crippen molar-refractivity contribution in [1.29, 1.82) is 0 Å². The lowest BCUT2D eigenvalue weighted by Crippen LogP contribution is -2.38. The quantitative estimate of drug-likeness (QED) is 0.707. The lowest BCUT2D eigenvalue weighted by Gasteiger charge is -2.25. The van der Waals surface area contributed by atoms with Gasteiger partial charge in [-0.05, 0) is 33.4 Å². The van der Waals surface area contributed by atoms with E-state index in [0.717, 1.165) is 19.5 Å². The molecule has 5 heteroatoms. The van der Waals surface area contributed by atoms with Crippen LogP contribution in [0, 0.1) is 0 Å². The Balaban J connectivity index is 2.39. The molecule has 0 amide bonds. The fraction of sp³-hybridized carbons (Fsp3) is 1.00. The van der Waals surface area contributed by atoms with Crippen molar-refractivity contribution in [1.82, 2.24) is 9.80 Å². The Bertz CT molecular complexity index is 192. The number of nitrogens with zero attached hydrogens (tertiary/aromatic N) is 2. The van der Waals surface area contributed by atoms with Crippen LogP contribution in [0.1, 0.15) is 20.3 Å². The van der Waals surface area contributed by atoms with Crippen molar-refractivity contribution < 1.29 is 13.2 Å². The SMILES string of the molecule is CC(C)N1CCCN(CC(F)(F)F)CC1. The van der Waals surface area contributed by atoms with Crippen LogP contribution in [0.4, 0.5) is 13.2 Å². The summed E-state index contributed by atoms with van der Waals surface area (Å²) in [5.41, 5.74) is 0. The molecule has 1 aliphatic heterocycles. The summed E-state index contributed by atoms with van der Waals surface area (Å²) in [4.78, 5) is 3.73. The molecular formula is C10H19F3N2. The third-order valence-electron chi connectivity index (χ3n) is 2.76. The van der Waals surface area contributed by atoms with Gasteiger partial charge in [0.15, 0.2) is 0 Å². The minimum atomic E-state index is -4.06. The van der Waals surface area contributed by atoms with Gasteiger partial charge in [0.05, 0.1) is 6.54 Å². The van der Waals surface area contributed by atoms with E-state index < -0.39 is 12.7 Å². The van der Waals surface area contributed by atoms with E-state index in [4.69, 9.17) is 0 Å². The summed E-state index contributed by atoms with van der Waals surface area (Å²) in [6.45, 7) is 6.14. The maximum absolute atomic E-state index is 12.2. The summed E-state index contributed by atoms with van der Waals surface area (Å²) in [5.74, 6) is 0. The Hall–Kier alpha value is -0.290. The van der Waals surface area contributed by atoms with Crippen LogP contribution in [0.15, 0.2) is 0 Å². The molecule has 1 heterocycles. The molecule has 90 valence electrons. The first-order valence-electron chi connectivity index (χ1n) is 5.41. The molecule has 1 aliphatic rings. The number of rotatable bonds is 2. The third kappa shape index (κ3) is 4.84. The van der Waals surface area contributed by atoms with Gasteiger partial charge in [0.2, 0.25) is 0 Å². The minimum Gasteiger partial charge on any atom is -0.300 e. The van der Waals surface area contributed by atoms with Gasteiger partial charge in [-0.15, -0.1) is 0 Å². The zero-order valence-corrected chi connectivity index (χ0v) is 9.35. The molecule has 0 radical (unpaired) electrons. The molecule has 1 rings (SSSR count). The monoisotopic (exact) mass is 224 g/mol. The molecule has 0 atom stereocenters. The highest BCUT2D eigenvalue weighted by Crippen LogP contribution is 2.17. The van der Waals surface area contributed by atoms with Gasteiger partial charge in [0.25, 0.3) is 0 Å². The predicted molar refractivity (Wildman–Crippen MR) is 53.8 cm³/mol. The first kappa shape index (κ1) is 12.8. The summed E-state index contributed by atoms with van der Waals surface area (Å²) in [5, 5.41) is 0. The van der Waals surface area contributed by atoms with Gasteiger partial charge in [-0.1, -0.05) is 0 Å². The van der Waals surface area contributed by atoms with Crippen molar-refractivity contribution in [2.24, 2.45) is 0 Å². The van der Waals surface area contributed by atoms with Crippen LogP contribution in [-0.4, -0.2) is 54.7 Å². The Kier molecular flexibility index (Phi) is 4.40. The Morgan fingerprint density at radius 1 is 1.07 bits per heavy atom. The Morgan fingerprint density at radius 2 is 1.73 bits per heavy atom. The minimum absolute atomic E-state index is 0.427. The van der Waals surface area contributed by atoms with E-state index in [1.165, 1.54) is 4.90 Å². The van der Waals surface area contributed by atoms with Gasteiger partial charge >= 0.3 is 6.18 Å². The van der Waals surface area contributed by atoms with Crippen LogP contribution in [0.3, 0.4) is 0 Å². The van der Waals surface area contributed by atoms with Gasteiger partial charge in [-0.2, -0.15) is 13.2 Å². The molecule has 0 spiro atoms. The van der Waals surface area contributed by atoms with Crippen LogP contribution >= 0.6 is 0 Å². The molecular weight excluding hydrogens is 205 g/mol. The average molecular weight is 224 g/mol. The molecule has 0 saturated carbocycles. The molecule has 0 aromatic carbocycles. The fourth-order valence-electron chi connectivity index (χ4n) is 1.92. The largest absolute Gasteiger partial charge is 0.401 e. The van der Waals surface area contributed by atoms with Crippen molar-refractivity contribution in [3.8, 4) is 0 Å². The predicted octanol–water partition coefficient (Wildman–Crippen LogP) is 1.96. The summed E-state index contributed by atoms with van der Waals surface area (Å²) in [7, 11) is 0. The van der Waals surface area contributed by atoms with Crippen molar-refractivity contribution in [3.63, 3.8) is 0 Å². The molecule has 0 aromatic heterocycles. The van der Waals surface area contributed by atoms with E-state index in [1.54, 1.807) is 0 Å². The van der Waals surface area contributed by atoms with Gasteiger partial charge < -0.3 is 0 Å². The molecule has 0 aliphatic carbocycles. The second kappa shape index (κ2) is 5.16. The standard InChI is InChI=1S/C10H19F3N2/c1-9(2)15-5-3-4-14(6-7-15)8-10(11,12)13/h9H,3-8H2,1-2H3. The number of alkyl halides is 3. The molecule has 0 unspecified atom stereocenters. The van der Waals surface area contributed by atoms with E-state index in [1.807, 2.05) is 0 Å². The molecule has 1 saturated heterocycles. The summed E-state index contributed by atoms with van der Waals surface area (Å²) in [6.07, 6.45) is -3.23.